The van der Waals surface area contributed by atoms with Crippen molar-refractivity contribution in [2.45, 2.75) is 77.5 Å². The van der Waals surface area contributed by atoms with Crippen LogP contribution in [0.25, 0.3) is 0 Å². The molecular weight excluding hydrogens is 372 g/mol. The van der Waals surface area contributed by atoms with Crippen LogP contribution in [0.2, 0.25) is 0 Å². The summed E-state index contributed by atoms with van der Waals surface area (Å²) in [5.74, 6) is -0.769. The first-order valence-electron chi connectivity index (χ1n) is 10.2. The van der Waals surface area contributed by atoms with E-state index in [1.54, 1.807) is 27.7 Å². The summed E-state index contributed by atoms with van der Waals surface area (Å²) in [7, 11) is 0. The molecule has 2 N–H and O–H groups in total. The second-order valence-electron chi connectivity index (χ2n) is 8.32. The lowest BCUT2D eigenvalue weighted by Crippen LogP contribution is -2.39. The Kier molecular flexibility index (Phi) is 8.05. The first-order chi connectivity index (χ1) is 13.7. The zero-order chi connectivity index (χ0) is 21.4. The minimum Gasteiger partial charge on any atom is -0.453 e. The maximum atomic E-state index is 12.4. The van der Waals surface area contributed by atoms with Gasteiger partial charge >= 0.3 is 12.1 Å². The van der Waals surface area contributed by atoms with E-state index in [0.717, 1.165) is 24.8 Å². The van der Waals surface area contributed by atoms with Crippen LogP contribution in [0.5, 0.6) is 0 Å². The van der Waals surface area contributed by atoms with Crippen LogP contribution in [0.4, 0.5) is 4.79 Å². The van der Waals surface area contributed by atoms with Crippen LogP contribution in [-0.4, -0.2) is 36.2 Å². The molecule has 7 nitrogen and oxygen atoms in total. The molecule has 0 saturated heterocycles. The molecule has 1 aromatic carbocycles. The van der Waals surface area contributed by atoms with E-state index in [9.17, 15) is 14.4 Å². The van der Waals surface area contributed by atoms with Gasteiger partial charge in [-0.25, -0.2) is 4.79 Å². The van der Waals surface area contributed by atoms with E-state index in [-0.39, 0.29) is 18.4 Å². The van der Waals surface area contributed by atoms with E-state index in [2.05, 4.69) is 16.7 Å². The Morgan fingerprint density at radius 1 is 1.21 bits per heavy atom. The highest BCUT2D eigenvalue weighted by Crippen LogP contribution is 2.29. The maximum Gasteiger partial charge on any atom is 0.407 e. The highest BCUT2D eigenvalue weighted by molar-refractivity contribution is 5.83. The second kappa shape index (κ2) is 10.3. The summed E-state index contributed by atoms with van der Waals surface area (Å²) in [5.41, 5.74) is 1.83. The maximum absolute atomic E-state index is 12.4. The van der Waals surface area contributed by atoms with Crippen molar-refractivity contribution in [2.24, 2.45) is 0 Å². The van der Waals surface area contributed by atoms with Crippen molar-refractivity contribution in [1.29, 1.82) is 0 Å². The Morgan fingerprint density at radius 3 is 2.66 bits per heavy atom. The molecule has 0 bridgehead atoms. The molecule has 0 fully saturated rings. The predicted molar refractivity (Wildman–Crippen MR) is 109 cm³/mol. The molecule has 29 heavy (non-hydrogen) atoms. The van der Waals surface area contributed by atoms with Gasteiger partial charge in [0.2, 0.25) is 0 Å². The van der Waals surface area contributed by atoms with E-state index in [1.807, 2.05) is 18.2 Å². The molecule has 0 unspecified atom stereocenters. The van der Waals surface area contributed by atoms with Crippen LogP contribution < -0.4 is 10.6 Å². The number of aryl methyl sites for hydroxylation is 1. The molecule has 0 saturated carbocycles. The van der Waals surface area contributed by atoms with Crippen molar-refractivity contribution >= 4 is 18.0 Å². The zero-order valence-electron chi connectivity index (χ0n) is 17.7. The van der Waals surface area contributed by atoms with Crippen molar-refractivity contribution in [1.82, 2.24) is 10.6 Å². The number of amides is 2. The molecule has 2 amide bonds. The van der Waals surface area contributed by atoms with Gasteiger partial charge < -0.3 is 20.1 Å². The van der Waals surface area contributed by atoms with Crippen LogP contribution in [-0.2, 0) is 25.5 Å². The number of alkyl carbamates (subject to hydrolysis) is 1. The molecule has 0 aliphatic heterocycles. The number of ether oxygens (including phenoxy) is 2. The average Bonchev–Trinajstić information content (AvgIpc) is 2.64. The van der Waals surface area contributed by atoms with Crippen molar-refractivity contribution in [2.75, 3.05) is 6.54 Å². The molecule has 7 heteroatoms. The molecule has 1 aromatic rings. The van der Waals surface area contributed by atoms with Gasteiger partial charge in [0.1, 0.15) is 5.60 Å². The minimum absolute atomic E-state index is 0.0494. The second-order valence-corrected chi connectivity index (χ2v) is 8.32. The van der Waals surface area contributed by atoms with Crippen LogP contribution in [0.15, 0.2) is 24.3 Å². The molecule has 0 radical (unpaired) electrons. The number of benzene rings is 1. The summed E-state index contributed by atoms with van der Waals surface area (Å²) in [4.78, 5) is 36.0. The molecule has 0 aromatic heterocycles. The Balaban J connectivity index is 1.70. The molecule has 160 valence electrons. The van der Waals surface area contributed by atoms with E-state index in [0.29, 0.717) is 13.0 Å². The number of fused-ring (bicyclic) bond motifs is 1. The lowest BCUT2D eigenvalue weighted by molar-refractivity contribution is -0.155. The summed E-state index contributed by atoms with van der Waals surface area (Å²) in [6.07, 6.45) is 2.04. The van der Waals surface area contributed by atoms with Crippen LogP contribution >= 0.6 is 0 Å². The molecule has 2 atom stereocenters. The van der Waals surface area contributed by atoms with Gasteiger partial charge in [-0.05, 0) is 64.5 Å². The quantitative estimate of drug-likeness (QED) is 0.536. The van der Waals surface area contributed by atoms with Gasteiger partial charge in [-0.3, -0.25) is 9.59 Å². The average molecular weight is 405 g/mol. The normalized spacial score (nSPS) is 16.9. The van der Waals surface area contributed by atoms with Crippen molar-refractivity contribution in [3.8, 4) is 0 Å². The zero-order valence-corrected chi connectivity index (χ0v) is 17.7. The van der Waals surface area contributed by atoms with Crippen molar-refractivity contribution in [3.63, 3.8) is 0 Å². The molecule has 0 heterocycles. The third-order valence-corrected chi connectivity index (χ3v) is 4.59. The molecule has 1 aliphatic carbocycles. The molecule has 1 aliphatic rings. The van der Waals surface area contributed by atoms with Gasteiger partial charge in [0.25, 0.3) is 5.91 Å². The number of nitrogens with one attached hydrogen (secondary N) is 2. The predicted octanol–water partition coefficient (Wildman–Crippen LogP) is 3.42. The number of hydrogen-bond donors (Lipinski definition) is 2. The summed E-state index contributed by atoms with van der Waals surface area (Å²) in [6, 6.07) is 8.05. The number of carbonyl (C=O) groups excluding carboxylic acids is 3. The first-order valence-corrected chi connectivity index (χ1v) is 10.2. The van der Waals surface area contributed by atoms with Crippen molar-refractivity contribution < 1.29 is 23.9 Å². The van der Waals surface area contributed by atoms with Crippen LogP contribution in [0, 0.1) is 0 Å². The highest BCUT2D eigenvalue weighted by atomic mass is 16.6. The van der Waals surface area contributed by atoms with Gasteiger partial charge in [-0.1, -0.05) is 24.3 Å². The lowest BCUT2D eigenvalue weighted by atomic mass is 9.87. The van der Waals surface area contributed by atoms with E-state index >= 15 is 0 Å². The fourth-order valence-corrected chi connectivity index (χ4v) is 3.24. The highest BCUT2D eigenvalue weighted by Gasteiger charge is 2.25. The number of carbonyl (C=O) groups is 3. The summed E-state index contributed by atoms with van der Waals surface area (Å²) < 4.78 is 10.4. The van der Waals surface area contributed by atoms with E-state index < -0.39 is 23.8 Å². The third kappa shape index (κ3) is 7.75. The standard InChI is InChI=1S/C22H32N2O5/c1-15(28-19(25)13-8-14-23-21(27)29-22(2,3)4)20(26)24-18-12-7-10-16-9-5-6-11-17(16)18/h5-6,9,11,15,18H,7-8,10,12-14H2,1-4H3,(H,23,27)(H,24,26)/t15-,18-/m0/s1. The fraction of sp³-hybridized carbons (Fsp3) is 0.591. The number of esters is 1. The molecular formula is C22H32N2O5. The summed E-state index contributed by atoms with van der Waals surface area (Å²) in [5, 5.41) is 5.58. The summed E-state index contributed by atoms with van der Waals surface area (Å²) in [6.45, 7) is 7.21. The van der Waals surface area contributed by atoms with Crippen molar-refractivity contribution in [3.05, 3.63) is 35.4 Å². The monoisotopic (exact) mass is 404 g/mol. The van der Waals surface area contributed by atoms with Crippen LogP contribution in [0.3, 0.4) is 0 Å². The smallest absolute Gasteiger partial charge is 0.407 e. The van der Waals surface area contributed by atoms with Gasteiger partial charge in [0, 0.05) is 13.0 Å². The van der Waals surface area contributed by atoms with E-state index in [4.69, 9.17) is 9.47 Å². The summed E-state index contributed by atoms with van der Waals surface area (Å²) >= 11 is 0. The first kappa shape index (κ1) is 22.7. The Morgan fingerprint density at radius 2 is 1.93 bits per heavy atom. The lowest BCUT2D eigenvalue weighted by Gasteiger charge is -2.27. The topological polar surface area (TPSA) is 93.7 Å². The van der Waals surface area contributed by atoms with Gasteiger partial charge in [0.15, 0.2) is 6.10 Å². The van der Waals surface area contributed by atoms with Gasteiger partial charge in [0.05, 0.1) is 6.04 Å². The van der Waals surface area contributed by atoms with Gasteiger partial charge in [-0.2, -0.15) is 0 Å². The Bertz CT molecular complexity index is 726. The SMILES string of the molecule is C[C@H](OC(=O)CCCNC(=O)OC(C)(C)C)C(=O)N[C@H]1CCCc2ccccc21. The van der Waals surface area contributed by atoms with E-state index in [1.165, 1.54) is 5.56 Å². The number of rotatable bonds is 7. The number of hydrogen-bond acceptors (Lipinski definition) is 5. The fourth-order valence-electron chi connectivity index (χ4n) is 3.24. The molecule has 0 spiro atoms. The Labute approximate surface area is 172 Å². The molecule has 2 rings (SSSR count). The van der Waals surface area contributed by atoms with Gasteiger partial charge in [-0.15, -0.1) is 0 Å². The minimum atomic E-state index is -0.865. The Hall–Kier alpha value is -2.57. The third-order valence-electron chi connectivity index (χ3n) is 4.59. The van der Waals surface area contributed by atoms with Crippen LogP contribution in [0.1, 0.15) is 70.5 Å². The largest absolute Gasteiger partial charge is 0.453 e.